The van der Waals surface area contributed by atoms with Crippen molar-refractivity contribution in [1.29, 1.82) is 0 Å². The predicted molar refractivity (Wildman–Crippen MR) is 91.5 cm³/mol. The number of pyridine rings is 1. The smallest absolute Gasteiger partial charge is 0.153 e. The zero-order valence-corrected chi connectivity index (χ0v) is 13.3. The minimum Gasteiger partial charge on any atom is -0.456 e. The Morgan fingerprint density at radius 2 is 1.87 bits per heavy atom. The summed E-state index contributed by atoms with van der Waals surface area (Å²) in [6.45, 7) is 2.29. The van der Waals surface area contributed by atoms with Gasteiger partial charge in [-0.15, -0.1) is 0 Å². The maximum Gasteiger partial charge on any atom is 0.153 e. The molecule has 1 fully saturated rings. The van der Waals surface area contributed by atoms with Gasteiger partial charge in [-0.25, -0.2) is 0 Å². The summed E-state index contributed by atoms with van der Waals surface area (Å²) in [7, 11) is 0. The van der Waals surface area contributed by atoms with Crippen LogP contribution in [0.1, 0.15) is 50.0 Å². The molecule has 3 heterocycles. The first-order valence-corrected chi connectivity index (χ1v) is 8.53. The van der Waals surface area contributed by atoms with Crippen molar-refractivity contribution in [2.75, 3.05) is 4.90 Å². The van der Waals surface area contributed by atoms with E-state index in [9.17, 15) is 0 Å². The molecule has 3 nitrogen and oxygen atoms in total. The maximum absolute atomic E-state index is 6.37. The van der Waals surface area contributed by atoms with E-state index >= 15 is 0 Å². The lowest BCUT2D eigenvalue weighted by Crippen LogP contribution is -2.40. The second-order valence-electron chi connectivity index (χ2n) is 6.82. The molecule has 2 aromatic heterocycles. The molecule has 0 saturated heterocycles. The fourth-order valence-electron chi connectivity index (χ4n) is 4.78. The summed E-state index contributed by atoms with van der Waals surface area (Å²) in [6, 6.07) is 15.1. The van der Waals surface area contributed by atoms with Crippen LogP contribution in [-0.4, -0.2) is 4.98 Å². The normalized spacial score (nSPS) is 22.1. The summed E-state index contributed by atoms with van der Waals surface area (Å²) in [5.74, 6) is 1.17. The molecule has 1 aromatic carbocycles. The van der Waals surface area contributed by atoms with Crippen LogP contribution in [0, 0.1) is 0 Å². The van der Waals surface area contributed by atoms with E-state index in [0.29, 0.717) is 6.04 Å². The molecule has 2 aliphatic rings. The topological polar surface area (TPSA) is 29.3 Å². The number of aromatic nitrogens is 1. The molecule has 0 bridgehead atoms. The Labute approximate surface area is 135 Å². The Morgan fingerprint density at radius 3 is 2.65 bits per heavy atom. The number of para-hydroxylation sites is 1. The molecule has 3 aromatic rings. The van der Waals surface area contributed by atoms with E-state index in [4.69, 9.17) is 4.42 Å². The van der Waals surface area contributed by atoms with Gasteiger partial charge in [0.15, 0.2) is 5.58 Å². The number of hydrogen-bond acceptors (Lipinski definition) is 3. The lowest BCUT2D eigenvalue weighted by atomic mass is 9.93. The fourth-order valence-corrected chi connectivity index (χ4v) is 4.78. The number of benzene rings is 1. The van der Waals surface area contributed by atoms with Gasteiger partial charge in [-0.1, -0.05) is 31.0 Å². The fraction of sp³-hybridized carbons (Fsp3) is 0.350. The second kappa shape index (κ2) is 4.60. The summed E-state index contributed by atoms with van der Waals surface area (Å²) >= 11 is 0. The van der Waals surface area contributed by atoms with Gasteiger partial charge in [-0.05, 0) is 44.0 Å². The molecule has 1 aliphatic carbocycles. The summed E-state index contributed by atoms with van der Waals surface area (Å²) in [5, 5.41) is 0. The Kier molecular flexibility index (Phi) is 2.64. The Balaban J connectivity index is 1.78. The van der Waals surface area contributed by atoms with E-state index in [1.165, 1.54) is 42.7 Å². The monoisotopic (exact) mass is 304 g/mol. The first-order valence-electron chi connectivity index (χ1n) is 8.53. The predicted octanol–water partition coefficient (Wildman–Crippen LogP) is 5.18. The quantitative estimate of drug-likeness (QED) is 0.620. The van der Waals surface area contributed by atoms with Crippen molar-refractivity contribution in [3.8, 4) is 0 Å². The molecule has 5 rings (SSSR count). The third-order valence-corrected chi connectivity index (χ3v) is 5.64. The van der Waals surface area contributed by atoms with Crippen LogP contribution in [0.4, 0.5) is 5.69 Å². The van der Waals surface area contributed by atoms with Crippen molar-refractivity contribution < 1.29 is 4.42 Å². The number of anilines is 1. The van der Waals surface area contributed by atoms with Crippen molar-refractivity contribution >= 4 is 16.8 Å². The molecule has 1 aliphatic heterocycles. The second-order valence-corrected chi connectivity index (χ2v) is 6.82. The Hall–Kier alpha value is -2.29. The number of rotatable bonds is 1. The average Bonchev–Trinajstić information content (AvgIpc) is 3.26. The molecule has 1 atom stereocenters. The standard InChI is InChI=1S/C20H20N2O/c1-14-17-18-16(10-7-13-21-18)23-19(17)20(11-5-6-12-20)22(14)15-8-3-2-4-9-15/h2-4,7-10,13-14H,5-6,11-12H2,1H3/t14-/m0/s1. The van der Waals surface area contributed by atoms with Gasteiger partial charge >= 0.3 is 0 Å². The van der Waals surface area contributed by atoms with Crippen LogP contribution in [0.5, 0.6) is 0 Å². The Morgan fingerprint density at radius 1 is 1.09 bits per heavy atom. The van der Waals surface area contributed by atoms with Gasteiger partial charge in [0.25, 0.3) is 0 Å². The first-order chi connectivity index (χ1) is 11.3. The third-order valence-electron chi connectivity index (χ3n) is 5.64. The van der Waals surface area contributed by atoms with Gasteiger partial charge in [0.2, 0.25) is 0 Å². The van der Waals surface area contributed by atoms with Crippen molar-refractivity contribution in [3.63, 3.8) is 0 Å². The molecule has 23 heavy (non-hydrogen) atoms. The number of fused-ring (bicyclic) bond motifs is 4. The molecule has 0 radical (unpaired) electrons. The number of furan rings is 1. The molecule has 1 spiro atoms. The number of nitrogens with zero attached hydrogens (tertiary/aromatic N) is 2. The summed E-state index contributed by atoms with van der Waals surface area (Å²) < 4.78 is 6.37. The lowest BCUT2D eigenvalue weighted by Gasteiger charge is -2.39. The summed E-state index contributed by atoms with van der Waals surface area (Å²) in [5.41, 5.74) is 4.57. The van der Waals surface area contributed by atoms with Crippen molar-refractivity contribution in [2.24, 2.45) is 0 Å². The molecule has 0 N–H and O–H groups in total. The van der Waals surface area contributed by atoms with Gasteiger partial charge < -0.3 is 9.32 Å². The van der Waals surface area contributed by atoms with E-state index in [1.54, 1.807) is 0 Å². The van der Waals surface area contributed by atoms with Crippen molar-refractivity contribution in [1.82, 2.24) is 4.98 Å². The van der Waals surface area contributed by atoms with E-state index in [0.717, 1.165) is 11.1 Å². The van der Waals surface area contributed by atoms with E-state index in [1.807, 2.05) is 18.3 Å². The molecule has 0 unspecified atom stereocenters. The van der Waals surface area contributed by atoms with Gasteiger partial charge in [0.05, 0.1) is 11.6 Å². The molecule has 116 valence electrons. The van der Waals surface area contributed by atoms with Crippen LogP contribution in [-0.2, 0) is 5.54 Å². The average molecular weight is 304 g/mol. The maximum atomic E-state index is 6.37. The van der Waals surface area contributed by atoms with Gasteiger partial charge in [-0.3, -0.25) is 4.98 Å². The molecular weight excluding hydrogens is 284 g/mol. The van der Waals surface area contributed by atoms with Gasteiger partial charge in [0.1, 0.15) is 11.3 Å². The van der Waals surface area contributed by atoms with Crippen LogP contribution < -0.4 is 4.90 Å². The largest absolute Gasteiger partial charge is 0.456 e. The molecule has 0 amide bonds. The number of hydrogen-bond donors (Lipinski definition) is 0. The van der Waals surface area contributed by atoms with Crippen LogP contribution in [0.25, 0.3) is 11.1 Å². The molecular formula is C20H20N2O. The van der Waals surface area contributed by atoms with E-state index in [2.05, 4.69) is 47.1 Å². The van der Waals surface area contributed by atoms with Crippen molar-refractivity contribution in [2.45, 2.75) is 44.2 Å². The van der Waals surface area contributed by atoms with Gasteiger partial charge in [0, 0.05) is 17.4 Å². The van der Waals surface area contributed by atoms with Crippen molar-refractivity contribution in [3.05, 3.63) is 60.0 Å². The van der Waals surface area contributed by atoms with Gasteiger partial charge in [-0.2, -0.15) is 0 Å². The highest BCUT2D eigenvalue weighted by Crippen LogP contribution is 2.58. The van der Waals surface area contributed by atoms with Crippen LogP contribution in [0.15, 0.2) is 53.1 Å². The minimum absolute atomic E-state index is 0.0107. The molecule has 3 heteroatoms. The summed E-state index contributed by atoms with van der Waals surface area (Å²) in [4.78, 5) is 7.21. The zero-order chi connectivity index (χ0) is 15.4. The SMILES string of the molecule is C[C@H]1c2c(oc3cccnc23)C2(CCCC2)N1c1ccccc1. The minimum atomic E-state index is 0.0107. The van der Waals surface area contributed by atoms with E-state index < -0.39 is 0 Å². The van der Waals surface area contributed by atoms with Crippen LogP contribution >= 0.6 is 0 Å². The van der Waals surface area contributed by atoms with E-state index in [-0.39, 0.29) is 5.54 Å². The Bertz CT molecular complexity index is 862. The van der Waals surface area contributed by atoms with Crippen LogP contribution in [0.2, 0.25) is 0 Å². The highest BCUT2D eigenvalue weighted by atomic mass is 16.3. The zero-order valence-electron chi connectivity index (χ0n) is 13.3. The third kappa shape index (κ3) is 1.62. The highest BCUT2D eigenvalue weighted by Gasteiger charge is 2.54. The van der Waals surface area contributed by atoms with Crippen LogP contribution in [0.3, 0.4) is 0 Å². The lowest BCUT2D eigenvalue weighted by molar-refractivity contribution is 0.348. The highest BCUT2D eigenvalue weighted by molar-refractivity contribution is 5.82. The first kappa shape index (κ1) is 13.2. The molecule has 1 saturated carbocycles. The summed E-state index contributed by atoms with van der Waals surface area (Å²) in [6.07, 6.45) is 6.73.